The van der Waals surface area contributed by atoms with E-state index in [2.05, 4.69) is 33.9 Å². The Morgan fingerprint density at radius 3 is 2.81 bits per heavy atom. The third-order valence-electron chi connectivity index (χ3n) is 4.43. The molecule has 0 saturated carbocycles. The quantitative estimate of drug-likeness (QED) is 0.523. The number of amides is 2. The lowest BCUT2D eigenvalue weighted by Crippen LogP contribution is -2.40. The van der Waals surface area contributed by atoms with Crippen molar-refractivity contribution in [1.82, 2.24) is 25.0 Å². The Labute approximate surface area is 160 Å². The Morgan fingerprint density at radius 1 is 1.27 bits per heavy atom. The van der Waals surface area contributed by atoms with Crippen LogP contribution in [-0.2, 0) is 22.6 Å². The molecular formula is C18H31N5O2S. The fraction of sp³-hybridized carbons (Fsp3) is 0.778. The van der Waals surface area contributed by atoms with Crippen LogP contribution in [0.25, 0.3) is 0 Å². The summed E-state index contributed by atoms with van der Waals surface area (Å²) in [5.74, 6) is 1.53. The first-order chi connectivity index (χ1) is 12.5. The van der Waals surface area contributed by atoms with E-state index in [1.807, 2.05) is 6.26 Å². The summed E-state index contributed by atoms with van der Waals surface area (Å²) in [4.78, 5) is 25.7. The summed E-state index contributed by atoms with van der Waals surface area (Å²) in [6, 6.07) is 0. The maximum absolute atomic E-state index is 12.1. The highest BCUT2D eigenvalue weighted by molar-refractivity contribution is 7.98. The van der Waals surface area contributed by atoms with Gasteiger partial charge in [-0.3, -0.25) is 9.59 Å². The summed E-state index contributed by atoms with van der Waals surface area (Å²) in [7, 11) is 0. The van der Waals surface area contributed by atoms with Gasteiger partial charge in [-0.05, 0) is 31.4 Å². The molecule has 1 aliphatic rings. The Balaban J connectivity index is 1.75. The third-order valence-corrected chi connectivity index (χ3v) is 5.10. The number of hydrogen-bond acceptors (Lipinski definition) is 5. The van der Waals surface area contributed by atoms with Gasteiger partial charge in [0.1, 0.15) is 5.82 Å². The molecule has 0 aromatic carbocycles. The summed E-state index contributed by atoms with van der Waals surface area (Å²) in [6.07, 6.45) is 7.16. The van der Waals surface area contributed by atoms with E-state index in [9.17, 15) is 9.59 Å². The van der Waals surface area contributed by atoms with Crippen molar-refractivity contribution >= 4 is 23.6 Å². The topological polar surface area (TPSA) is 80.1 Å². The highest BCUT2D eigenvalue weighted by atomic mass is 32.2. The van der Waals surface area contributed by atoms with Gasteiger partial charge in [0.15, 0.2) is 5.16 Å². The Hall–Kier alpha value is -1.57. The van der Waals surface area contributed by atoms with Crippen LogP contribution in [0.2, 0.25) is 0 Å². The van der Waals surface area contributed by atoms with Crippen LogP contribution < -0.4 is 5.32 Å². The number of rotatable bonds is 9. The van der Waals surface area contributed by atoms with Crippen molar-refractivity contribution in [1.29, 1.82) is 0 Å². The predicted octanol–water partition coefficient (Wildman–Crippen LogP) is 2.11. The summed E-state index contributed by atoms with van der Waals surface area (Å²) in [6.45, 7) is 6.73. The van der Waals surface area contributed by atoms with Crippen molar-refractivity contribution in [3.63, 3.8) is 0 Å². The average molecular weight is 382 g/mol. The lowest BCUT2D eigenvalue weighted by molar-refractivity contribution is -0.135. The number of aryl methyl sites for hydroxylation is 1. The number of carbonyl (C=O) groups excluding carboxylic acids is 2. The summed E-state index contributed by atoms with van der Waals surface area (Å²) < 4.78 is 2.17. The lowest BCUT2D eigenvalue weighted by atomic mass is 10.2. The standard InChI is InChI=1S/C18H31N5O2S/c1-14(2)12-23-15(20-21-18(23)26-3)8-7-10-19-16(24)13-22-11-6-4-5-9-17(22)25/h14H,4-13H2,1-3H3,(H,19,24). The molecule has 0 radical (unpaired) electrons. The maximum atomic E-state index is 12.1. The van der Waals surface area contributed by atoms with Crippen molar-refractivity contribution in [2.24, 2.45) is 5.92 Å². The molecule has 2 heterocycles. The van der Waals surface area contributed by atoms with Gasteiger partial charge >= 0.3 is 0 Å². The highest BCUT2D eigenvalue weighted by Crippen LogP contribution is 2.16. The van der Waals surface area contributed by atoms with Crippen LogP contribution in [0.5, 0.6) is 0 Å². The van der Waals surface area contributed by atoms with Gasteiger partial charge in [0.2, 0.25) is 11.8 Å². The average Bonchev–Trinajstić information content (AvgIpc) is 2.86. The van der Waals surface area contributed by atoms with E-state index in [0.29, 0.717) is 25.4 Å². The molecule has 26 heavy (non-hydrogen) atoms. The number of aromatic nitrogens is 3. The first-order valence-electron chi connectivity index (χ1n) is 9.51. The number of nitrogens with zero attached hydrogens (tertiary/aromatic N) is 4. The second-order valence-electron chi connectivity index (χ2n) is 7.19. The number of likely N-dealkylation sites (tertiary alicyclic amines) is 1. The second-order valence-corrected chi connectivity index (χ2v) is 7.96. The molecule has 146 valence electrons. The maximum Gasteiger partial charge on any atom is 0.239 e. The molecule has 0 unspecified atom stereocenters. The predicted molar refractivity (Wildman–Crippen MR) is 103 cm³/mol. The summed E-state index contributed by atoms with van der Waals surface area (Å²) in [5, 5.41) is 12.4. The fourth-order valence-corrected chi connectivity index (χ4v) is 3.64. The lowest BCUT2D eigenvalue weighted by Gasteiger charge is -2.19. The molecule has 1 aromatic rings. The zero-order chi connectivity index (χ0) is 18.9. The molecule has 1 saturated heterocycles. The smallest absolute Gasteiger partial charge is 0.239 e. The summed E-state index contributed by atoms with van der Waals surface area (Å²) in [5.41, 5.74) is 0. The minimum absolute atomic E-state index is 0.0753. The zero-order valence-electron chi connectivity index (χ0n) is 16.2. The third kappa shape index (κ3) is 6.30. The Bertz CT molecular complexity index is 602. The molecule has 1 N–H and O–H groups in total. The van der Waals surface area contributed by atoms with E-state index in [0.717, 1.165) is 49.6 Å². The van der Waals surface area contributed by atoms with Crippen molar-refractivity contribution in [3.8, 4) is 0 Å². The van der Waals surface area contributed by atoms with E-state index in [4.69, 9.17) is 0 Å². The number of hydrogen-bond donors (Lipinski definition) is 1. The van der Waals surface area contributed by atoms with E-state index in [1.165, 1.54) is 0 Å². The first-order valence-corrected chi connectivity index (χ1v) is 10.7. The van der Waals surface area contributed by atoms with Crippen LogP contribution in [0.3, 0.4) is 0 Å². The fourth-order valence-electron chi connectivity index (χ4n) is 3.11. The van der Waals surface area contributed by atoms with Crippen molar-refractivity contribution in [3.05, 3.63) is 5.82 Å². The molecule has 1 aromatic heterocycles. The molecule has 8 heteroatoms. The Kier molecular flexibility index (Phi) is 8.41. The molecular weight excluding hydrogens is 350 g/mol. The molecule has 0 atom stereocenters. The Morgan fingerprint density at radius 2 is 2.08 bits per heavy atom. The van der Waals surface area contributed by atoms with E-state index in [1.54, 1.807) is 16.7 Å². The molecule has 0 bridgehead atoms. The zero-order valence-corrected chi connectivity index (χ0v) is 17.0. The minimum atomic E-state index is -0.0753. The van der Waals surface area contributed by atoms with Gasteiger partial charge in [-0.15, -0.1) is 10.2 Å². The van der Waals surface area contributed by atoms with Crippen LogP contribution in [0, 0.1) is 5.92 Å². The van der Waals surface area contributed by atoms with Crippen LogP contribution in [0.4, 0.5) is 0 Å². The van der Waals surface area contributed by atoms with Crippen LogP contribution in [0.15, 0.2) is 5.16 Å². The highest BCUT2D eigenvalue weighted by Gasteiger charge is 2.19. The molecule has 0 aliphatic carbocycles. The van der Waals surface area contributed by atoms with Gasteiger partial charge in [-0.25, -0.2) is 0 Å². The van der Waals surface area contributed by atoms with E-state index >= 15 is 0 Å². The first kappa shape index (κ1) is 20.7. The van der Waals surface area contributed by atoms with Crippen LogP contribution in [0.1, 0.15) is 51.8 Å². The molecule has 2 amide bonds. The monoisotopic (exact) mass is 381 g/mol. The number of nitrogens with one attached hydrogen (secondary N) is 1. The van der Waals surface area contributed by atoms with E-state index < -0.39 is 0 Å². The number of carbonyl (C=O) groups is 2. The molecule has 7 nitrogen and oxygen atoms in total. The molecule has 1 aliphatic heterocycles. The minimum Gasteiger partial charge on any atom is -0.355 e. The van der Waals surface area contributed by atoms with Gasteiger partial charge in [-0.2, -0.15) is 0 Å². The molecule has 1 fully saturated rings. The van der Waals surface area contributed by atoms with Crippen LogP contribution in [-0.4, -0.2) is 57.4 Å². The van der Waals surface area contributed by atoms with Crippen molar-refractivity contribution < 1.29 is 9.59 Å². The van der Waals surface area contributed by atoms with Gasteiger partial charge in [0.25, 0.3) is 0 Å². The van der Waals surface area contributed by atoms with Gasteiger partial charge < -0.3 is 14.8 Å². The van der Waals surface area contributed by atoms with Crippen molar-refractivity contribution in [2.45, 2.75) is 64.1 Å². The van der Waals surface area contributed by atoms with Gasteiger partial charge in [0, 0.05) is 32.5 Å². The normalized spacial score (nSPS) is 15.4. The SMILES string of the molecule is CSc1nnc(CCCNC(=O)CN2CCCCCC2=O)n1CC(C)C. The van der Waals surface area contributed by atoms with E-state index in [-0.39, 0.29) is 18.4 Å². The second kappa shape index (κ2) is 10.5. The van der Waals surface area contributed by atoms with Crippen LogP contribution >= 0.6 is 11.8 Å². The largest absolute Gasteiger partial charge is 0.355 e. The van der Waals surface area contributed by atoms with Crippen molar-refractivity contribution in [2.75, 3.05) is 25.9 Å². The van der Waals surface area contributed by atoms with Gasteiger partial charge in [-0.1, -0.05) is 32.0 Å². The molecule has 0 spiro atoms. The summed E-state index contributed by atoms with van der Waals surface area (Å²) >= 11 is 1.61. The van der Waals surface area contributed by atoms with Gasteiger partial charge in [0.05, 0.1) is 6.54 Å². The molecule has 2 rings (SSSR count). The number of thioether (sulfide) groups is 1.